The number of carbonyl (C=O) groups excluding carboxylic acids is 1. The molecule has 130 valence electrons. The van der Waals surface area contributed by atoms with E-state index in [0.717, 1.165) is 18.7 Å². The molecule has 3 heterocycles. The van der Waals surface area contributed by atoms with E-state index < -0.39 is 0 Å². The van der Waals surface area contributed by atoms with Crippen molar-refractivity contribution in [2.75, 3.05) is 31.8 Å². The van der Waals surface area contributed by atoms with Crippen LogP contribution in [-0.4, -0.2) is 54.0 Å². The van der Waals surface area contributed by atoms with Crippen molar-refractivity contribution in [2.45, 2.75) is 18.9 Å². The van der Waals surface area contributed by atoms with Crippen LogP contribution in [0.25, 0.3) is 0 Å². The van der Waals surface area contributed by atoms with Gasteiger partial charge in [0, 0.05) is 32.4 Å². The summed E-state index contributed by atoms with van der Waals surface area (Å²) < 4.78 is 10.8. The van der Waals surface area contributed by atoms with Gasteiger partial charge in [-0.1, -0.05) is 6.07 Å². The van der Waals surface area contributed by atoms with E-state index in [1.807, 2.05) is 36.2 Å². The van der Waals surface area contributed by atoms with Gasteiger partial charge in [-0.2, -0.15) is 5.10 Å². The zero-order valence-corrected chi connectivity index (χ0v) is 14.1. The molecule has 2 aromatic rings. The van der Waals surface area contributed by atoms with Crippen molar-refractivity contribution in [3.63, 3.8) is 0 Å². The summed E-state index contributed by atoms with van der Waals surface area (Å²) in [6, 6.07) is 9.64. The highest BCUT2D eigenvalue weighted by atomic mass is 16.7. The molecule has 2 aliphatic heterocycles. The third-order valence-electron chi connectivity index (χ3n) is 4.85. The first-order valence-electron chi connectivity index (χ1n) is 8.42. The van der Waals surface area contributed by atoms with Gasteiger partial charge in [-0.25, -0.2) is 0 Å². The minimum atomic E-state index is 0.00274. The highest BCUT2D eigenvalue weighted by molar-refractivity contribution is 5.98. The second-order valence-electron chi connectivity index (χ2n) is 6.26. The number of aromatic nitrogens is 2. The third-order valence-corrected chi connectivity index (χ3v) is 4.85. The Kier molecular flexibility index (Phi) is 4.13. The van der Waals surface area contributed by atoms with Crippen LogP contribution in [0.5, 0.6) is 11.5 Å². The van der Waals surface area contributed by atoms with Crippen molar-refractivity contribution in [2.24, 2.45) is 0 Å². The number of piperidine rings is 1. The van der Waals surface area contributed by atoms with E-state index in [-0.39, 0.29) is 12.7 Å². The smallest absolute Gasteiger partial charge is 0.257 e. The normalized spacial score (nSPS) is 16.8. The van der Waals surface area contributed by atoms with Gasteiger partial charge in [0.05, 0.1) is 5.56 Å². The quantitative estimate of drug-likeness (QED) is 0.851. The summed E-state index contributed by atoms with van der Waals surface area (Å²) in [4.78, 5) is 16.9. The summed E-state index contributed by atoms with van der Waals surface area (Å²) >= 11 is 0. The number of fused-ring (bicyclic) bond motifs is 1. The number of amides is 1. The zero-order valence-electron chi connectivity index (χ0n) is 14.1. The molecular formula is C18H20N4O3. The van der Waals surface area contributed by atoms with Crippen molar-refractivity contribution in [1.29, 1.82) is 0 Å². The molecule has 0 N–H and O–H groups in total. The summed E-state index contributed by atoms with van der Waals surface area (Å²) in [5.74, 6) is 2.07. The van der Waals surface area contributed by atoms with Gasteiger partial charge in [0.15, 0.2) is 17.3 Å². The first kappa shape index (κ1) is 15.7. The van der Waals surface area contributed by atoms with Gasteiger partial charge in [0.2, 0.25) is 6.79 Å². The fraction of sp³-hybridized carbons (Fsp3) is 0.389. The molecule has 0 saturated carbocycles. The molecule has 25 heavy (non-hydrogen) atoms. The number of carbonyl (C=O) groups is 1. The molecule has 7 nitrogen and oxygen atoms in total. The fourth-order valence-electron chi connectivity index (χ4n) is 3.39. The van der Waals surface area contributed by atoms with Crippen LogP contribution in [0.3, 0.4) is 0 Å². The van der Waals surface area contributed by atoms with Crippen LogP contribution < -0.4 is 14.4 Å². The minimum Gasteiger partial charge on any atom is -0.454 e. The van der Waals surface area contributed by atoms with Gasteiger partial charge in [0.25, 0.3) is 5.91 Å². The van der Waals surface area contributed by atoms with E-state index in [2.05, 4.69) is 15.1 Å². The van der Waals surface area contributed by atoms with Gasteiger partial charge in [0.1, 0.15) is 0 Å². The van der Waals surface area contributed by atoms with Crippen molar-refractivity contribution in [1.82, 2.24) is 15.1 Å². The van der Waals surface area contributed by atoms with Gasteiger partial charge < -0.3 is 19.3 Å². The topological polar surface area (TPSA) is 67.8 Å². The number of hydrogen-bond acceptors (Lipinski definition) is 6. The number of hydrogen-bond donors (Lipinski definition) is 0. The highest BCUT2D eigenvalue weighted by Crippen LogP contribution is 2.36. The fourth-order valence-corrected chi connectivity index (χ4v) is 3.39. The Labute approximate surface area is 146 Å². The molecule has 1 saturated heterocycles. The van der Waals surface area contributed by atoms with E-state index in [1.54, 1.807) is 12.3 Å². The van der Waals surface area contributed by atoms with Crippen LogP contribution in [0.1, 0.15) is 23.2 Å². The monoisotopic (exact) mass is 340 g/mol. The Morgan fingerprint density at radius 1 is 1.20 bits per heavy atom. The number of ether oxygens (including phenoxy) is 2. The molecule has 0 aliphatic carbocycles. The Hall–Kier alpha value is -2.83. The van der Waals surface area contributed by atoms with E-state index >= 15 is 0 Å². The highest BCUT2D eigenvalue weighted by Gasteiger charge is 2.29. The maximum Gasteiger partial charge on any atom is 0.257 e. The van der Waals surface area contributed by atoms with Gasteiger partial charge in [-0.15, -0.1) is 5.10 Å². The molecule has 0 atom stereocenters. The molecule has 1 fully saturated rings. The lowest BCUT2D eigenvalue weighted by Crippen LogP contribution is -2.46. The summed E-state index contributed by atoms with van der Waals surface area (Å²) in [5, 5.41) is 8.09. The number of likely N-dealkylation sites (tertiary alicyclic amines) is 1. The number of anilines is 1. The second-order valence-corrected chi connectivity index (χ2v) is 6.26. The number of rotatable bonds is 3. The first-order chi connectivity index (χ1) is 12.2. The molecule has 7 heteroatoms. The molecule has 0 bridgehead atoms. The van der Waals surface area contributed by atoms with Gasteiger partial charge in [-0.05, 0) is 37.1 Å². The third kappa shape index (κ3) is 2.97. The van der Waals surface area contributed by atoms with Crippen LogP contribution in [0.4, 0.5) is 5.82 Å². The minimum absolute atomic E-state index is 0.00274. The number of benzene rings is 1. The Morgan fingerprint density at radius 2 is 2.04 bits per heavy atom. The van der Waals surface area contributed by atoms with Gasteiger partial charge in [-0.3, -0.25) is 4.79 Å². The maximum atomic E-state index is 12.9. The summed E-state index contributed by atoms with van der Waals surface area (Å²) in [5.41, 5.74) is 0.579. The van der Waals surface area contributed by atoms with E-state index in [0.29, 0.717) is 36.2 Å². The second kappa shape index (κ2) is 6.58. The van der Waals surface area contributed by atoms with Crippen molar-refractivity contribution in [3.8, 4) is 11.5 Å². The van der Waals surface area contributed by atoms with Crippen LogP contribution in [-0.2, 0) is 0 Å². The summed E-state index contributed by atoms with van der Waals surface area (Å²) in [7, 11) is 2.03. The van der Waals surface area contributed by atoms with Crippen LogP contribution in [0.2, 0.25) is 0 Å². The predicted octanol–water partition coefficient (Wildman–Crippen LogP) is 1.95. The standard InChI is InChI=1S/C18H20N4O3/c1-21(16-6-3-9-19-20-16)13-7-10-22(11-8-13)18(23)14-4-2-5-15-17(14)25-12-24-15/h2-6,9,13H,7-8,10-12H2,1H3. The molecule has 0 unspecified atom stereocenters. The molecule has 2 aliphatic rings. The lowest BCUT2D eigenvalue weighted by atomic mass is 10.0. The molecule has 0 spiro atoms. The van der Waals surface area contributed by atoms with Crippen molar-refractivity contribution in [3.05, 3.63) is 42.1 Å². The SMILES string of the molecule is CN(c1cccnn1)C1CCN(C(=O)c2cccc3c2OCO3)CC1. The van der Waals surface area contributed by atoms with Crippen molar-refractivity contribution >= 4 is 11.7 Å². The zero-order chi connectivity index (χ0) is 17.2. The van der Waals surface area contributed by atoms with Gasteiger partial charge >= 0.3 is 0 Å². The number of nitrogens with zero attached hydrogens (tertiary/aromatic N) is 4. The lowest BCUT2D eigenvalue weighted by molar-refractivity contribution is 0.0708. The predicted molar refractivity (Wildman–Crippen MR) is 91.9 cm³/mol. The van der Waals surface area contributed by atoms with E-state index in [9.17, 15) is 4.79 Å². The van der Waals surface area contributed by atoms with Crippen molar-refractivity contribution < 1.29 is 14.3 Å². The van der Waals surface area contributed by atoms with Crippen LogP contribution >= 0.6 is 0 Å². The Bertz CT molecular complexity index is 760. The Balaban J connectivity index is 1.42. The van der Waals surface area contributed by atoms with E-state index in [4.69, 9.17) is 9.47 Å². The number of para-hydroxylation sites is 1. The van der Waals surface area contributed by atoms with Crippen LogP contribution in [0, 0.1) is 0 Å². The van der Waals surface area contributed by atoms with Crippen LogP contribution in [0.15, 0.2) is 36.5 Å². The maximum absolute atomic E-state index is 12.9. The molecule has 1 amide bonds. The first-order valence-corrected chi connectivity index (χ1v) is 8.42. The van der Waals surface area contributed by atoms with E-state index in [1.165, 1.54) is 0 Å². The molecular weight excluding hydrogens is 320 g/mol. The average Bonchev–Trinajstić information content (AvgIpc) is 3.16. The molecule has 0 radical (unpaired) electrons. The lowest BCUT2D eigenvalue weighted by Gasteiger charge is -2.37. The molecule has 1 aromatic heterocycles. The largest absolute Gasteiger partial charge is 0.454 e. The summed E-state index contributed by atoms with van der Waals surface area (Å²) in [6.45, 7) is 1.59. The molecule has 4 rings (SSSR count). The summed E-state index contributed by atoms with van der Waals surface area (Å²) in [6.07, 6.45) is 3.46. The average molecular weight is 340 g/mol. The Morgan fingerprint density at radius 3 is 2.80 bits per heavy atom. The molecule has 1 aromatic carbocycles.